The summed E-state index contributed by atoms with van der Waals surface area (Å²) in [6.07, 6.45) is 1.64. The molecule has 1 aromatic carbocycles. The molecule has 0 radical (unpaired) electrons. The van der Waals surface area contributed by atoms with Gasteiger partial charge in [-0.05, 0) is 43.0 Å². The van der Waals surface area contributed by atoms with Crippen molar-refractivity contribution in [2.45, 2.75) is 39.2 Å². The Morgan fingerprint density at radius 2 is 1.78 bits per heavy atom. The van der Waals surface area contributed by atoms with Crippen LogP contribution in [0.2, 0.25) is 0 Å². The number of hydrogen-bond acceptors (Lipinski definition) is 2. The second kappa shape index (κ2) is 4.44. The van der Waals surface area contributed by atoms with Crippen LogP contribution in [0.1, 0.15) is 31.9 Å². The van der Waals surface area contributed by atoms with E-state index in [9.17, 15) is 9.59 Å². The molecule has 1 unspecified atom stereocenters. The van der Waals surface area contributed by atoms with Gasteiger partial charge >= 0.3 is 0 Å². The molecule has 0 fully saturated rings. The van der Waals surface area contributed by atoms with Crippen molar-refractivity contribution in [2.75, 3.05) is 5.32 Å². The molecular formula is C14H18N2O2. The Labute approximate surface area is 107 Å². The molecule has 0 bridgehead atoms. The maximum atomic E-state index is 11.2. The molecule has 0 saturated carbocycles. The fourth-order valence-electron chi connectivity index (χ4n) is 2.66. The van der Waals surface area contributed by atoms with Crippen LogP contribution in [0.25, 0.3) is 0 Å². The lowest BCUT2D eigenvalue weighted by atomic mass is 9.99. The van der Waals surface area contributed by atoms with Gasteiger partial charge in [0.15, 0.2) is 0 Å². The van der Waals surface area contributed by atoms with E-state index in [2.05, 4.69) is 10.6 Å². The second-order valence-electron chi connectivity index (χ2n) is 5.26. The van der Waals surface area contributed by atoms with E-state index in [0.717, 1.165) is 18.5 Å². The van der Waals surface area contributed by atoms with Crippen LogP contribution in [0.15, 0.2) is 18.2 Å². The summed E-state index contributed by atoms with van der Waals surface area (Å²) in [4.78, 5) is 22.2. The van der Waals surface area contributed by atoms with Crippen LogP contribution in [0, 0.1) is 0 Å². The fourth-order valence-corrected chi connectivity index (χ4v) is 2.66. The van der Waals surface area contributed by atoms with E-state index in [4.69, 9.17) is 0 Å². The number of anilines is 1. The predicted molar refractivity (Wildman–Crippen MR) is 70.4 cm³/mol. The number of fused-ring (bicyclic) bond motifs is 1. The van der Waals surface area contributed by atoms with Gasteiger partial charge in [0.1, 0.15) is 0 Å². The zero-order chi connectivity index (χ0) is 13.3. The number of nitrogens with one attached hydrogen (secondary N) is 2. The average Bonchev–Trinajstić information content (AvgIpc) is 2.50. The van der Waals surface area contributed by atoms with Crippen LogP contribution in [0.3, 0.4) is 0 Å². The van der Waals surface area contributed by atoms with Crippen LogP contribution < -0.4 is 10.6 Å². The minimum atomic E-state index is -0.205. The standard InChI is InChI=1S/C14H18N2O2/c1-9(17)15-13-5-4-11-7-14(3,16-10(2)18)8-12(11)6-13/h4-6H,7-8H2,1-3H3,(H,15,17)(H,16,18). The molecule has 1 aliphatic rings. The molecule has 0 saturated heterocycles. The van der Waals surface area contributed by atoms with Gasteiger partial charge in [-0.25, -0.2) is 0 Å². The van der Waals surface area contributed by atoms with Crippen molar-refractivity contribution >= 4 is 17.5 Å². The molecule has 18 heavy (non-hydrogen) atoms. The van der Waals surface area contributed by atoms with Crippen LogP contribution in [-0.4, -0.2) is 17.4 Å². The number of hydrogen-bond donors (Lipinski definition) is 2. The van der Waals surface area contributed by atoms with Crippen LogP contribution >= 0.6 is 0 Å². The quantitative estimate of drug-likeness (QED) is 0.833. The van der Waals surface area contributed by atoms with Crippen molar-refractivity contribution in [1.82, 2.24) is 5.32 Å². The SMILES string of the molecule is CC(=O)Nc1ccc2c(c1)CC(C)(NC(C)=O)C2. The first-order chi connectivity index (χ1) is 8.38. The summed E-state index contributed by atoms with van der Waals surface area (Å²) < 4.78 is 0. The molecule has 2 rings (SSSR count). The van der Waals surface area contributed by atoms with Crippen molar-refractivity contribution in [3.05, 3.63) is 29.3 Å². The lowest BCUT2D eigenvalue weighted by Gasteiger charge is -2.24. The van der Waals surface area contributed by atoms with Gasteiger partial charge in [-0.2, -0.15) is 0 Å². The molecule has 0 spiro atoms. The van der Waals surface area contributed by atoms with Gasteiger partial charge in [0, 0.05) is 25.1 Å². The van der Waals surface area contributed by atoms with Crippen LogP contribution in [0.4, 0.5) is 5.69 Å². The number of rotatable bonds is 2. The molecule has 1 atom stereocenters. The van der Waals surface area contributed by atoms with Crippen molar-refractivity contribution in [3.63, 3.8) is 0 Å². The van der Waals surface area contributed by atoms with Gasteiger partial charge in [-0.1, -0.05) is 6.07 Å². The normalized spacial score (nSPS) is 21.3. The van der Waals surface area contributed by atoms with Gasteiger partial charge in [0.2, 0.25) is 11.8 Å². The van der Waals surface area contributed by atoms with E-state index in [-0.39, 0.29) is 17.4 Å². The van der Waals surface area contributed by atoms with Crippen molar-refractivity contribution in [3.8, 4) is 0 Å². The Balaban J connectivity index is 2.19. The highest BCUT2D eigenvalue weighted by Gasteiger charge is 2.33. The topological polar surface area (TPSA) is 58.2 Å². The van der Waals surface area contributed by atoms with Crippen molar-refractivity contribution in [1.29, 1.82) is 0 Å². The Bertz CT molecular complexity index is 511. The van der Waals surface area contributed by atoms with E-state index in [1.807, 2.05) is 25.1 Å². The van der Waals surface area contributed by atoms with E-state index in [1.165, 1.54) is 25.0 Å². The summed E-state index contributed by atoms with van der Waals surface area (Å²) in [5.74, 6) is -0.0787. The minimum absolute atomic E-state index is 0.00705. The van der Waals surface area contributed by atoms with Gasteiger partial charge < -0.3 is 10.6 Å². The van der Waals surface area contributed by atoms with E-state index in [1.54, 1.807) is 0 Å². The van der Waals surface area contributed by atoms with Gasteiger partial charge in [-0.15, -0.1) is 0 Å². The van der Waals surface area contributed by atoms with Gasteiger partial charge in [-0.3, -0.25) is 9.59 Å². The highest BCUT2D eigenvalue weighted by atomic mass is 16.2. The lowest BCUT2D eigenvalue weighted by Crippen LogP contribution is -2.45. The summed E-state index contributed by atoms with van der Waals surface area (Å²) in [5.41, 5.74) is 3.04. The molecule has 96 valence electrons. The maximum Gasteiger partial charge on any atom is 0.221 e. The van der Waals surface area contributed by atoms with Gasteiger partial charge in [0.25, 0.3) is 0 Å². The monoisotopic (exact) mass is 246 g/mol. The highest BCUT2D eigenvalue weighted by molar-refractivity contribution is 5.88. The predicted octanol–water partition coefficient (Wildman–Crippen LogP) is 1.64. The van der Waals surface area contributed by atoms with E-state index < -0.39 is 0 Å². The van der Waals surface area contributed by atoms with E-state index >= 15 is 0 Å². The summed E-state index contributed by atoms with van der Waals surface area (Å²) in [5, 5.41) is 5.78. The molecule has 0 aliphatic heterocycles. The summed E-state index contributed by atoms with van der Waals surface area (Å²) in [6, 6.07) is 5.91. The zero-order valence-corrected chi connectivity index (χ0v) is 11.0. The lowest BCUT2D eigenvalue weighted by molar-refractivity contribution is -0.120. The molecule has 2 amide bonds. The third-order valence-electron chi connectivity index (χ3n) is 3.17. The summed E-state index contributed by atoms with van der Waals surface area (Å²) >= 11 is 0. The first-order valence-electron chi connectivity index (χ1n) is 6.06. The first-order valence-corrected chi connectivity index (χ1v) is 6.06. The molecule has 2 N–H and O–H groups in total. The molecule has 0 aromatic heterocycles. The smallest absolute Gasteiger partial charge is 0.221 e. The summed E-state index contributed by atoms with van der Waals surface area (Å²) in [7, 11) is 0. The third-order valence-corrected chi connectivity index (χ3v) is 3.17. The third kappa shape index (κ3) is 2.70. The first kappa shape index (κ1) is 12.6. The Hall–Kier alpha value is -1.84. The van der Waals surface area contributed by atoms with E-state index in [0.29, 0.717) is 0 Å². The maximum absolute atomic E-state index is 11.2. The zero-order valence-electron chi connectivity index (χ0n) is 11.0. The Morgan fingerprint density at radius 1 is 1.11 bits per heavy atom. The molecule has 4 heteroatoms. The van der Waals surface area contributed by atoms with Crippen molar-refractivity contribution < 1.29 is 9.59 Å². The largest absolute Gasteiger partial charge is 0.351 e. The van der Waals surface area contributed by atoms with Crippen LogP contribution in [-0.2, 0) is 22.4 Å². The van der Waals surface area contributed by atoms with Gasteiger partial charge in [0.05, 0.1) is 0 Å². The highest BCUT2D eigenvalue weighted by Crippen LogP contribution is 2.31. The second-order valence-corrected chi connectivity index (χ2v) is 5.26. The molecule has 1 aromatic rings. The molecule has 4 nitrogen and oxygen atoms in total. The number of carbonyl (C=O) groups excluding carboxylic acids is 2. The minimum Gasteiger partial charge on any atom is -0.351 e. The fraction of sp³-hybridized carbons (Fsp3) is 0.429. The molecular weight excluding hydrogens is 228 g/mol. The van der Waals surface area contributed by atoms with Crippen molar-refractivity contribution in [2.24, 2.45) is 0 Å². The summed E-state index contributed by atoms with van der Waals surface area (Å²) in [6.45, 7) is 5.08. The molecule has 0 heterocycles. The number of benzene rings is 1. The molecule has 1 aliphatic carbocycles. The Kier molecular flexibility index (Phi) is 3.11. The number of amides is 2. The Morgan fingerprint density at radius 3 is 2.39 bits per heavy atom. The average molecular weight is 246 g/mol. The number of carbonyl (C=O) groups is 2. The van der Waals surface area contributed by atoms with Crippen LogP contribution in [0.5, 0.6) is 0 Å².